The minimum absolute atomic E-state index is 0.00502. The van der Waals surface area contributed by atoms with Crippen molar-refractivity contribution >= 4 is 29.1 Å². The maximum Gasteiger partial charge on any atom is 0.352 e. The van der Waals surface area contributed by atoms with E-state index in [0.29, 0.717) is 38.8 Å². The molecule has 0 spiro atoms. The van der Waals surface area contributed by atoms with E-state index >= 15 is 4.79 Å². The molecule has 1 saturated carbocycles. The topological polar surface area (TPSA) is 128 Å². The zero-order valence-corrected chi connectivity index (χ0v) is 27.7. The van der Waals surface area contributed by atoms with E-state index in [0.717, 1.165) is 9.58 Å². The summed E-state index contributed by atoms with van der Waals surface area (Å²) in [5, 5.41) is 11.1. The van der Waals surface area contributed by atoms with Crippen molar-refractivity contribution in [2.24, 2.45) is 5.92 Å². The molecule has 0 unspecified atom stereocenters. The Morgan fingerprint density at radius 3 is 2.31 bits per heavy atom. The molecule has 5 aromatic rings. The fourth-order valence-electron chi connectivity index (χ4n) is 8.07. The summed E-state index contributed by atoms with van der Waals surface area (Å²) in [7, 11) is 0. The van der Waals surface area contributed by atoms with Gasteiger partial charge < -0.3 is 9.84 Å². The molecule has 0 radical (unpaired) electrons. The molecule has 1 aliphatic carbocycles. The van der Waals surface area contributed by atoms with Crippen molar-refractivity contribution < 1.29 is 23.8 Å². The Hall–Kier alpha value is -5.72. The van der Waals surface area contributed by atoms with Crippen LogP contribution < -0.4 is 21.5 Å². The van der Waals surface area contributed by atoms with E-state index in [9.17, 15) is 23.9 Å². The summed E-state index contributed by atoms with van der Waals surface area (Å²) in [4.78, 5) is 58.2. The SMILES string of the molecule is O=C1[C@@H]2C[C@@H]3C(=CCn4c(=O)n(-c5ccccc5)c(=O)n43)[C@H](c3ccccc3OCCO)[C@]2(c2ccc(Cl)cc2)C(=O)N1Nc1ccc(F)cc1. The molecule has 2 N–H and O–H groups in total. The molecule has 3 heterocycles. The monoisotopic (exact) mass is 707 g/mol. The van der Waals surface area contributed by atoms with Crippen LogP contribution in [0.15, 0.2) is 124 Å². The number of hydrogen-bond donors (Lipinski definition) is 2. The zero-order chi connectivity index (χ0) is 35.4. The number of carbonyl (C=O) groups is 2. The van der Waals surface area contributed by atoms with Crippen molar-refractivity contribution in [2.45, 2.75) is 30.3 Å². The van der Waals surface area contributed by atoms with Gasteiger partial charge >= 0.3 is 11.4 Å². The van der Waals surface area contributed by atoms with Crippen molar-refractivity contribution in [1.82, 2.24) is 18.9 Å². The van der Waals surface area contributed by atoms with Crippen molar-refractivity contribution in [3.8, 4) is 11.4 Å². The van der Waals surface area contributed by atoms with E-state index < -0.39 is 52.3 Å². The van der Waals surface area contributed by atoms with Gasteiger partial charge in [0, 0.05) is 16.5 Å². The Kier molecular flexibility index (Phi) is 8.00. The fraction of sp³-hybridized carbons (Fsp3) is 0.211. The Balaban J connectivity index is 1.39. The number of carbonyl (C=O) groups excluding carboxylic acids is 2. The summed E-state index contributed by atoms with van der Waals surface area (Å²) >= 11 is 6.36. The lowest BCUT2D eigenvalue weighted by molar-refractivity contribution is -0.138. The van der Waals surface area contributed by atoms with Crippen LogP contribution in [-0.4, -0.2) is 49.1 Å². The van der Waals surface area contributed by atoms with Gasteiger partial charge in [0.05, 0.1) is 41.9 Å². The number of imide groups is 1. The third kappa shape index (κ3) is 4.96. The quantitative estimate of drug-likeness (QED) is 0.179. The highest BCUT2D eigenvalue weighted by Crippen LogP contribution is 2.62. The summed E-state index contributed by atoms with van der Waals surface area (Å²) in [6, 6.07) is 26.9. The Morgan fingerprint density at radius 1 is 0.882 bits per heavy atom. The standard InChI is InChI=1S/C38H31ClFN5O6/c39-24-12-10-23(11-13-24)38-30(34(47)44(35(38)48)41-26-16-14-25(40)15-17-26)22-31-28(33(38)29-8-4-5-9-32(29)51-21-20-46)18-19-42-36(49)43(37(50)45(31)42)27-6-2-1-3-7-27/h1-18,30-31,33,41,46H,19-22H2/t30-,31+,33+,38+/m0/s1. The van der Waals surface area contributed by atoms with Gasteiger partial charge in [-0.15, -0.1) is 0 Å². The van der Waals surface area contributed by atoms with Gasteiger partial charge in [-0.25, -0.2) is 27.9 Å². The number of nitrogens with one attached hydrogen (secondary N) is 1. The number of anilines is 1. The number of benzene rings is 4. The molecule has 11 nitrogen and oxygen atoms in total. The predicted molar refractivity (Wildman–Crippen MR) is 186 cm³/mol. The minimum atomic E-state index is -1.59. The largest absolute Gasteiger partial charge is 0.491 e. The Labute approximate surface area is 295 Å². The number of fused-ring (bicyclic) bond motifs is 4. The summed E-state index contributed by atoms with van der Waals surface area (Å²) in [6.45, 7) is -0.276. The number of amides is 2. The number of nitrogens with zero attached hydrogens (tertiary/aromatic N) is 4. The molecule has 8 rings (SSSR count). The van der Waals surface area contributed by atoms with Crippen LogP contribution in [0, 0.1) is 11.7 Å². The van der Waals surface area contributed by atoms with Crippen LogP contribution in [0.5, 0.6) is 5.75 Å². The van der Waals surface area contributed by atoms with E-state index in [1.807, 2.05) is 12.1 Å². The van der Waals surface area contributed by atoms with E-state index in [1.165, 1.54) is 33.6 Å². The molecular weight excluding hydrogens is 677 g/mol. The van der Waals surface area contributed by atoms with E-state index in [2.05, 4.69) is 5.43 Å². The van der Waals surface area contributed by atoms with Crippen LogP contribution in [0.25, 0.3) is 5.69 Å². The van der Waals surface area contributed by atoms with Crippen LogP contribution in [0.1, 0.15) is 29.5 Å². The van der Waals surface area contributed by atoms with Gasteiger partial charge in [0.15, 0.2) is 0 Å². The van der Waals surface area contributed by atoms with Gasteiger partial charge in [-0.05, 0) is 72.2 Å². The highest BCUT2D eigenvalue weighted by molar-refractivity contribution is 6.30. The second-order valence-electron chi connectivity index (χ2n) is 12.7. The summed E-state index contributed by atoms with van der Waals surface area (Å²) in [6.07, 6.45) is 1.85. The minimum Gasteiger partial charge on any atom is -0.491 e. The van der Waals surface area contributed by atoms with Gasteiger partial charge in [-0.3, -0.25) is 15.0 Å². The molecule has 2 fully saturated rings. The van der Waals surface area contributed by atoms with Gasteiger partial charge in [-0.1, -0.05) is 66.2 Å². The maximum atomic E-state index is 15.3. The highest BCUT2D eigenvalue weighted by Gasteiger charge is 2.69. The number of allylic oxidation sites excluding steroid dienone is 2. The molecule has 51 heavy (non-hydrogen) atoms. The first kappa shape index (κ1) is 32.5. The molecule has 4 atom stereocenters. The van der Waals surface area contributed by atoms with E-state index in [4.69, 9.17) is 16.3 Å². The molecule has 1 aromatic heterocycles. The van der Waals surface area contributed by atoms with Crippen LogP contribution in [0.4, 0.5) is 10.1 Å². The first-order valence-corrected chi connectivity index (χ1v) is 16.8. The summed E-state index contributed by atoms with van der Waals surface area (Å²) in [5.41, 5.74) is 2.65. The number of para-hydroxylation sites is 2. The van der Waals surface area contributed by atoms with Gasteiger partial charge in [0.25, 0.3) is 11.8 Å². The lowest BCUT2D eigenvalue weighted by atomic mass is 9.53. The molecule has 3 aliphatic rings. The summed E-state index contributed by atoms with van der Waals surface area (Å²) < 4.78 is 23.8. The van der Waals surface area contributed by atoms with E-state index in [-0.39, 0.29) is 26.2 Å². The van der Waals surface area contributed by atoms with Crippen molar-refractivity contribution in [1.29, 1.82) is 0 Å². The lowest BCUT2D eigenvalue weighted by Crippen LogP contribution is -2.53. The number of rotatable bonds is 8. The average molecular weight is 708 g/mol. The molecule has 13 heteroatoms. The normalized spacial score (nSPS) is 22.2. The van der Waals surface area contributed by atoms with Crippen molar-refractivity contribution in [3.63, 3.8) is 0 Å². The number of halogens is 2. The molecule has 2 aliphatic heterocycles. The van der Waals surface area contributed by atoms with E-state index in [1.54, 1.807) is 72.8 Å². The van der Waals surface area contributed by atoms with Crippen LogP contribution in [0.3, 0.4) is 0 Å². The molecule has 2 amide bonds. The second kappa shape index (κ2) is 12.6. The van der Waals surface area contributed by atoms with Gasteiger partial charge in [0.2, 0.25) is 0 Å². The molecule has 258 valence electrons. The Morgan fingerprint density at radius 2 is 1.59 bits per heavy atom. The van der Waals surface area contributed by atoms with Crippen molar-refractivity contribution in [2.75, 3.05) is 18.6 Å². The number of ether oxygens (including phenoxy) is 1. The van der Waals surface area contributed by atoms with Crippen LogP contribution >= 0.6 is 11.6 Å². The highest BCUT2D eigenvalue weighted by atomic mass is 35.5. The van der Waals surface area contributed by atoms with Crippen LogP contribution in [0.2, 0.25) is 5.02 Å². The van der Waals surface area contributed by atoms with Crippen molar-refractivity contribution in [3.05, 3.63) is 158 Å². The second-order valence-corrected chi connectivity index (χ2v) is 13.1. The first-order valence-electron chi connectivity index (χ1n) is 16.4. The number of aliphatic hydroxyl groups is 1. The lowest BCUT2D eigenvalue weighted by Gasteiger charge is -2.49. The van der Waals surface area contributed by atoms with Gasteiger partial charge in [-0.2, -0.15) is 5.01 Å². The Bertz CT molecular complexity index is 2320. The molecule has 0 bridgehead atoms. The smallest absolute Gasteiger partial charge is 0.352 e. The number of aromatic nitrogens is 3. The number of hydrogen-bond acceptors (Lipinski definition) is 7. The summed E-state index contributed by atoms with van der Waals surface area (Å²) in [5.74, 6) is -3.20. The predicted octanol–water partition coefficient (Wildman–Crippen LogP) is 4.58. The zero-order valence-electron chi connectivity index (χ0n) is 27.0. The number of hydrazine groups is 1. The average Bonchev–Trinajstić information content (AvgIpc) is 3.53. The molecule has 1 saturated heterocycles. The van der Waals surface area contributed by atoms with Gasteiger partial charge in [0.1, 0.15) is 18.2 Å². The number of aliphatic hydroxyl groups excluding tert-OH is 1. The maximum absolute atomic E-state index is 15.3. The third-order valence-electron chi connectivity index (χ3n) is 10.1. The van der Waals surface area contributed by atoms with Crippen LogP contribution in [-0.2, 0) is 21.5 Å². The molecular formula is C38H31ClFN5O6. The third-order valence-corrected chi connectivity index (χ3v) is 10.4. The fourth-order valence-corrected chi connectivity index (χ4v) is 8.19. The first-order chi connectivity index (χ1) is 24.7. The molecule has 4 aromatic carbocycles.